The van der Waals surface area contributed by atoms with Crippen LogP contribution in [0.25, 0.3) is 22.5 Å². The molecular weight excluding hydrogens is 424 g/mol. The number of benzene rings is 3. The van der Waals surface area contributed by atoms with Crippen LogP contribution in [0.2, 0.25) is 0 Å². The standard InChI is InChI=1S/C29H28N2O3/c1-5-34-29(32)18-26(22-10-6-20(2)7-11-22)27-19-28(23-12-8-21(3)9-13-23)31(30-27)24-14-16-25(33-4)17-15-24/h6-19H,5H2,1-4H3/b26-18+. The molecule has 4 aromatic rings. The van der Waals surface area contributed by atoms with Gasteiger partial charge in [0.25, 0.3) is 0 Å². The number of esters is 1. The number of hydrogen-bond donors (Lipinski definition) is 0. The van der Waals surface area contributed by atoms with Crippen LogP contribution in [0.15, 0.2) is 84.9 Å². The van der Waals surface area contributed by atoms with Crippen LogP contribution in [0.1, 0.15) is 29.3 Å². The van der Waals surface area contributed by atoms with Crippen molar-refractivity contribution in [3.05, 3.63) is 107 Å². The second kappa shape index (κ2) is 10.2. The Labute approximate surface area is 200 Å². The number of aryl methyl sites for hydroxylation is 2. The van der Waals surface area contributed by atoms with Crippen LogP contribution in [0.3, 0.4) is 0 Å². The number of methoxy groups -OCH3 is 1. The van der Waals surface area contributed by atoms with E-state index in [0.29, 0.717) is 17.9 Å². The Morgan fingerprint density at radius 3 is 2.12 bits per heavy atom. The summed E-state index contributed by atoms with van der Waals surface area (Å²) >= 11 is 0. The van der Waals surface area contributed by atoms with Gasteiger partial charge in [0.05, 0.1) is 30.8 Å². The molecule has 0 atom stereocenters. The first-order valence-electron chi connectivity index (χ1n) is 11.3. The van der Waals surface area contributed by atoms with Gasteiger partial charge in [-0.1, -0.05) is 59.7 Å². The average Bonchev–Trinajstić information content (AvgIpc) is 3.29. The van der Waals surface area contributed by atoms with Crippen LogP contribution in [0, 0.1) is 13.8 Å². The molecule has 3 aromatic carbocycles. The second-order valence-electron chi connectivity index (χ2n) is 8.07. The molecule has 0 spiro atoms. The van der Waals surface area contributed by atoms with E-state index in [4.69, 9.17) is 14.6 Å². The van der Waals surface area contributed by atoms with Gasteiger partial charge < -0.3 is 9.47 Å². The summed E-state index contributed by atoms with van der Waals surface area (Å²) in [6.45, 7) is 6.20. The maximum atomic E-state index is 12.5. The Balaban J connectivity index is 1.90. The maximum Gasteiger partial charge on any atom is 0.331 e. The lowest BCUT2D eigenvalue weighted by Crippen LogP contribution is -2.03. The van der Waals surface area contributed by atoms with Crippen molar-refractivity contribution in [1.29, 1.82) is 0 Å². The molecule has 172 valence electrons. The zero-order valence-electron chi connectivity index (χ0n) is 19.9. The van der Waals surface area contributed by atoms with Gasteiger partial charge in [-0.15, -0.1) is 0 Å². The minimum absolute atomic E-state index is 0.311. The smallest absolute Gasteiger partial charge is 0.331 e. The minimum atomic E-state index is -0.394. The highest BCUT2D eigenvalue weighted by Gasteiger charge is 2.17. The zero-order valence-corrected chi connectivity index (χ0v) is 19.9. The van der Waals surface area contributed by atoms with E-state index in [-0.39, 0.29) is 0 Å². The fraction of sp³-hybridized carbons (Fsp3) is 0.172. The van der Waals surface area contributed by atoms with E-state index in [1.807, 2.05) is 66.2 Å². The van der Waals surface area contributed by atoms with E-state index in [2.05, 4.69) is 31.2 Å². The van der Waals surface area contributed by atoms with Crippen LogP contribution in [-0.2, 0) is 9.53 Å². The molecule has 0 unspecified atom stereocenters. The summed E-state index contributed by atoms with van der Waals surface area (Å²) in [6, 6.07) is 26.1. The van der Waals surface area contributed by atoms with Gasteiger partial charge in [-0.25, -0.2) is 9.48 Å². The molecule has 0 aliphatic carbocycles. The number of carbonyl (C=O) groups is 1. The molecule has 0 radical (unpaired) electrons. The van der Waals surface area contributed by atoms with E-state index in [0.717, 1.165) is 33.8 Å². The molecular formula is C29H28N2O3. The molecule has 5 nitrogen and oxygen atoms in total. The van der Waals surface area contributed by atoms with E-state index in [1.54, 1.807) is 14.0 Å². The van der Waals surface area contributed by atoms with Crippen molar-refractivity contribution in [1.82, 2.24) is 9.78 Å². The highest BCUT2D eigenvalue weighted by molar-refractivity contribution is 5.96. The topological polar surface area (TPSA) is 53.4 Å². The van der Waals surface area contributed by atoms with Crippen molar-refractivity contribution < 1.29 is 14.3 Å². The Bertz CT molecular complexity index is 1300. The highest BCUT2D eigenvalue weighted by Crippen LogP contribution is 2.31. The lowest BCUT2D eigenvalue weighted by Gasteiger charge is -2.09. The van der Waals surface area contributed by atoms with E-state index >= 15 is 0 Å². The van der Waals surface area contributed by atoms with Gasteiger partial charge in [-0.05, 0) is 56.7 Å². The van der Waals surface area contributed by atoms with Gasteiger partial charge in [0, 0.05) is 17.2 Å². The van der Waals surface area contributed by atoms with Crippen molar-refractivity contribution in [2.75, 3.05) is 13.7 Å². The molecule has 1 aromatic heterocycles. The number of aromatic nitrogens is 2. The number of nitrogens with zero attached hydrogens (tertiary/aromatic N) is 2. The van der Waals surface area contributed by atoms with Crippen molar-refractivity contribution in [3.8, 4) is 22.7 Å². The van der Waals surface area contributed by atoms with E-state index in [9.17, 15) is 4.79 Å². The molecule has 1 heterocycles. The molecule has 34 heavy (non-hydrogen) atoms. The molecule has 0 fully saturated rings. The number of carbonyl (C=O) groups excluding carboxylic acids is 1. The molecule has 0 saturated heterocycles. The molecule has 5 heteroatoms. The number of ether oxygens (including phenoxy) is 2. The molecule has 0 bridgehead atoms. The molecule has 0 saturated carbocycles. The van der Waals surface area contributed by atoms with Crippen LogP contribution >= 0.6 is 0 Å². The van der Waals surface area contributed by atoms with Crippen molar-refractivity contribution in [2.45, 2.75) is 20.8 Å². The lowest BCUT2D eigenvalue weighted by atomic mass is 10.00. The summed E-state index contributed by atoms with van der Waals surface area (Å²) in [5.74, 6) is 0.379. The van der Waals surface area contributed by atoms with Crippen LogP contribution in [0.4, 0.5) is 0 Å². The first-order valence-corrected chi connectivity index (χ1v) is 11.3. The lowest BCUT2D eigenvalue weighted by molar-refractivity contribution is -0.137. The van der Waals surface area contributed by atoms with Gasteiger partial charge >= 0.3 is 5.97 Å². The Morgan fingerprint density at radius 1 is 0.912 bits per heavy atom. The first-order chi connectivity index (χ1) is 16.5. The monoisotopic (exact) mass is 452 g/mol. The van der Waals surface area contributed by atoms with E-state index in [1.165, 1.54) is 11.6 Å². The zero-order chi connectivity index (χ0) is 24.1. The van der Waals surface area contributed by atoms with Gasteiger partial charge in [0.15, 0.2) is 0 Å². The number of hydrogen-bond acceptors (Lipinski definition) is 4. The average molecular weight is 453 g/mol. The molecule has 0 aliphatic heterocycles. The summed E-state index contributed by atoms with van der Waals surface area (Å²) in [7, 11) is 1.65. The maximum absolute atomic E-state index is 12.5. The number of rotatable bonds is 7. The minimum Gasteiger partial charge on any atom is -0.497 e. The predicted molar refractivity (Wildman–Crippen MR) is 135 cm³/mol. The van der Waals surface area contributed by atoms with E-state index < -0.39 is 5.97 Å². The quantitative estimate of drug-likeness (QED) is 0.249. The van der Waals surface area contributed by atoms with Crippen molar-refractivity contribution >= 4 is 11.5 Å². The largest absolute Gasteiger partial charge is 0.497 e. The summed E-state index contributed by atoms with van der Waals surface area (Å²) < 4.78 is 12.4. The normalized spacial score (nSPS) is 11.4. The van der Waals surface area contributed by atoms with Gasteiger partial charge in [-0.3, -0.25) is 0 Å². The highest BCUT2D eigenvalue weighted by atomic mass is 16.5. The summed E-state index contributed by atoms with van der Waals surface area (Å²) in [6.07, 6.45) is 1.52. The van der Waals surface area contributed by atoms with Gasteiger partial charge in [0.1, 0.15) is 5.75 Å². The SMILES string of the molecule is CCOC(=O)/C=C(\c1ccc(C)cc1)c1cc(-c2ccc(C)cc2)n(-c2ccc(OC)cc2)n1. The second-order valence-corrected chi connectivity index (χ2v) is 8.07. The summed E-state index contributed by atoms with van der Waals surface area (Å²) in [4.78, 5) is 12.5. The summed E-state index contributed by atoms with van der Waals surface area (Å²) in [5, 5.41) is 4.95. The van der Waals surface area contributed by atoms with Crippen molar-refractivity contribution in [3.63, 3.8) is 0 Å². The molecule has 0 aliphatic rings. The van der Waals surface area contributed by atoms with Crippen LogP contribution in [-0.4, -0.2) is 29.5 Å². The fourth-order valence-corrected chi connectivity index (χ4v) is 3.70. The fourth-order valence-electron chi connectivity index (χ4n) is 3.70. The third-order valence-electron chi connectivity index (χ3n) is 5.56. The molecule has 4 rings (SSSR count). The third kappa shape index (κ3) is 5.09. The van der Waals surface area contributed by atoms with Crippen molar-refractivity contribution in [2.24, 2.45) is 0 Å². The predicted octanol–water partition coefficient (Wildman–Crippen LogP) is 6.16. The first kappa shape index (κ1) is 23.1. The van der Waals surface area contributed by atoms with Gasteiger partial charge in [-0.2, -0.15) is 5.10 Å². The Hall–Kier alpha value is -4.12. The van der Waals surface area contributed by atoms with Crippen LogP contribution in [0.5, 0.6) is 5.75 Å². The Kier molecular flexibility index (Phi) is 6.93. The molecule has 0 amide bonds. The summed E-state index contributed by atoms with van der Waals surface area (Å²) in [5.41, 5.74) is 7.45. The van der Waals surface area contributed by atoms with Crippen LogP contribution < -0.4 is 4.74 Å². The Morgan fingerprint density at radius 2 is 1.53 bits per heavy atom. The van der Waals surface area contributed by atoms with Gasteiger partial charge in [0.2, 0.25) is 0 Å². The molecule has 0 N–H and O–H groups in total. The third-order valence-corrected chi connectivity index (χ3v) is 5.56.